The molecule has 3 aromatic carbocycles. The lowest BCUT2D eigenvalue weighted by molar-refractivity contribution is 0.465. The highest BCUT2D eigenvalue weighted by molar-refractivity contribution is 5.63. The maximum atomic E-state index is 10.2. The third-order valence-corrected chi connectivity index (χ3v) is 9.04. The molecule has 1 N–H and O–H groups in total. The molecule has 3 aromatic rings. The molecular weight excluding hydrogens is 448 g/mol. The summed E-state index contributed by atoms with van der Waals surface area (Å²) in [6.45, 7) is 29.5. The predicted octanol–water partition coefficient (Wildman–Crippen LogP) is 8.78. The fraction of sp³-hybridized carbons (Fsp3) is 0.389. The van der Waals surface area contributed by atoms with Crippen LogP contribution >= 0.6 is 0 Å². The van der Waals surface area contributed by atoms with Gasteiger partial charge >= 0.3 is 0 Å². The van der Waals surface area contributed by atoms with Crippen LogP contribution < -0.4 is 0 Å². The zero-order valence-corrected chi connectivity index (χ0v) is 25.5. The van der Waals surface area contributed by atoms with Crippen molar-refractivity contribution in [2.45, 2.75) is 96.9 Å². The van der Waals surface area contributed by atoms with Gasteiger partial charge in [0.2, 0.25) is 0 Å². The van der Waals surface area contributed by atoms with E-state index in [1.165, 1.54) is 55.6 Å². The van der Waals surface area contributed by atoms with E-state index in [-0.39, 0.29) is 0 Å². The molecule has 0 aliphatic heterocycles. The fourth-order valence-corrected chi connectivity index (χ4v) is 5.01. The third-order valence-electron chi connectivity index (χ3n) is 9.04. The van der Waals surface area contributed by atoms with Crippen LogP contribution in [-0.2, 0) is 0 Å². The first-order valence-electron chi connectivity index (χ1n) is 13.0. The number of benzene rings is 3. The van der Waals surface area contributed by atoms with E-state index in [1.807, 2.05) is 27.7 Å². The van der Waals surface area contributed by atoms with E-state index in [0.717, 1.165) is 38.9 Å². The molecule has 0 aliphatic rings. The van der Waals surface area contributed by atoms with Gasteiger partial charge in [-0.15, -0.1) is 6.42 Å². The average Bonchev–Trinajstić information content (AvgIpc) is 2.88. The monoisotopic (exact) mass is 492 g/mol. The van der Waals surface area contributed by atoms with Crippen LogP contribution in [0.3, 0.4) is 0 Å². The van der Waals surface area contributed by atoms with Crippen LogP contribution in [0.2, 0.25) is 0 Å². The molecule has 0 aromatic heterocycles. The molecule has 0 fully saturated rings. The van der Waals surface area contributed by atoms with Gasteiger partial charge in [-0.25, -0.2) is 0 Å². The number of phenolic OH excluding ortho intramolecular Hbond substituents is 1. The lowest BCUT2D eigenvalue weighted by atomic mass is 9.89. The molecule has 0 amide bonds. The van der Waals surface area contributed by atoms with Gasteiger partial charge in [-0.2, -0.15) is 0 Å². The van der Waals surface area contributed by atoms with Gasteiger partial charge in [0.05, 0.1) is 0 Å². The van der Waals surface area contributed by atoms with E-state index in [4.69, 9.17) is 6.42 Å². The first kappa shape index (κ1) is 29.8. The first-order chi connectivity index (χ1) is 17.1. The quantitative estimate of drug-likeness (QED) is 0.311. The molecule has 3 rings (SSSR count). The fourth-order valence-electron chi connectivity index (χ4n) is 5.01. The summed E-state index contributed by atoms with van der Waals surface area (Å²) in [6.07, 6.45) is 5.49. The molecule has 0 saturated carbocycles. The summed E-state index contributed by atoms with van der Waals surface area (Å²) in [7, 11) is 0. The molecule has 0 spiro atoms. The van der Waals surface area contributed by atoms with Gasteiger partial charge in [0.15, 0.2) is 0 Å². The second-order valence-corrected chi connectivity index (χ2v) is 10.6. The van der Waals surface area contributed by atoms with Crippen molar-refractivity contribution in [3.8, 4) is 29.9 Å². The molecule has 1 nitrogen and oxygen atoms in total. The summed E-state index contributed by atoms with van der Waals surface area (Å²) in [5, 5.41) is 10.2. The minimum absolute atomic E-state index is 0.393. The van der Waals surface area contributed by atoms with Gasteiger partial charge in [-0.3, -0.25) is 0 Å². The highest BCUT2D eigenvalue weighted by Crippen LogP contribution is 2.31. The molecule has 1 heteroatoms. The van der Waals surface area contributed by atoms with E-state index in [2.05, 4.69) is 87.0 Å². The number of aromatic hydroxyl groups is 1. The van der Waals surface area contributed by atoms with Crippen molar-refractivity contribution >= 4 is 0 Å². The maximum Gasteiger partial charge on any atom is 0.122 e. The summed E-state index contributed by atoms with van der Waals surface area (Å²) in [4.78, 5) is 0. The smallest absolute Gasteiger partial charge is 0.122 e. The van der Waals surface area contributed by atoms with Crippen LogP contribution in [-0.4, -0.2) is 5.11 Å². The Hall–Kier alpha value is -3.42. The van der Waals surface area contributed by atoms with Gasteiger partial charge in [0, 0.05) is 16.7 Å². The normalized spacial score (nSPS) is 10.3. The Morgan fingerprint density at radius 2 is 0.568 bits per heavy atom. The van der Waals surface area contributed by atoms with Crippen molar-refractivity contribution in [2.75, 3.05) is 0 Å². The molecule has 0 atom stereocenters. The minimum atomic E-state index is 0.393. The standard InChI is InChI=1S/C23H28O.C13H16/c1-12-13(2)15(4)21(16(5)14(12)3)10-11-22-17(6)19(8)23(24)20(9)18(22)7;1-7-13-11(5)9(3)8(2)10(4)12(13)6/h24H,1-9H3;1H,2-6H3. The van der Waals surface area contributed by atoms with Gasteiger partial charge in [0.1, 0.15) is 5.75 Å². The summed E-state index contributed by atoms with van der Waals surface area (Å²) in [6, 6.07) is 0. The number of hydrogen-bond donors (Lipinski definition) is 1. The Balaban J connectivity index is 0.000000312. The Kier molecular flexibility index (Phi) is 9.12. The number of terminal acetylenes is 1. The Bertz CT molecular complexity index is 1350. The van der Waals surface area contributed by atoms with Gasteiger partial charge in [-0.05, 0) is 175 Å². The minimum Gasteiger partial charge on any atom is -0.507 e. The molecule has 0 heterocycles. The maximum absolute atomic E-state index is 10.2. The summed E-state index contributed by atoms with van der Waals surface area (Å²) in [5.41, 5.74) is 20.3. The van der Waals surface area contributed by atoms with Crippen molar-refractivity contribution in [3.05, 3.63) is 94.6 Å². The number of phenols is 1. The van der Waals surface area contributed by atoms with Gasteiger partial charge in [-0.1, -0.05) is 17.8 Å². The van der Waals surface area contributed by atoms with Crippen molar-refractivity contribution < 1.29 is 5.11 Å². The lowest BCUT2D eigenvalue weighted by Crippen LogP contribution is -2.00. The Morgan fingerprint density at radius 3 is 0.838 bits per heavy atom. The second kappa shape index (κ2) is 11.3. The zero-order chi connectivity index (χ0) is 28.5. The summed E-state index contributed by atoms with van der Waals surface area (Å²) in [5.74, 6) is 10.00. The molecule has 0 saturated heterocycles. The SMILES string of the molecule is C#Cc1c(C)c(C)c(C)c(C)c1C.Cc1c(C)c(C)c(C#Cc2c(C)c(C)c(O)c(C)c2C)c(C)c1C. The van der Waals surface area contributed by atoms with Crippen LogP contribution in [0, 0.1) is 121 Å². The largest absolute Gasteiger partial charge is 0.507 e. The number of hydrogen-bond acceptors (Lipinski definition) is 1. The molecule has 0 aliphatic carbocycles. The Morgan fingerprint density at radius 1 is 0.351 bits per heavy atom. The van der Waals surface area contributed by atoms with E-state index >= 15 is 0 Å². The Labute approximate surface area is 226 Å². The highest BCUT2D eigenvalue weighted by atomic mass is 16.3. The third kappa shape index (κ3) is 5.33. The van der Waals surface area contributed by atoms with Crippen LogP contribution in [0.5, 0.6) is 5.75 Å². The van der Waals surface area contributed by atoms with E-state index in [9.17, 15) is 5.11 Å². The molecular formula is C36H44O. The van der Waals surface area contributed by atoms with Crippen molar-refractivity contribution in [2.24, 2.45) is 0 Å². The second-order valence-electron chi connectivity index (χ2n) is 10.6. The van der Waals surface area contributed by atoms with E-state index in [0.29, 0.717) is 5.75 Å². The van der Waals surface area contributed by atoms with Crippen molar-refractivity contribution in [3.63, 3.8) is 0 Å². The molecule has 0 radical (unpaired) electrons. The van der Waals surface area contributed by atoms with Crippen molar-refractivity contribution in [1.82, 2.24) is 0 Å². The van der Waals surface area contributed by atoms with Gasteiger partial charge < -0.3 is 5.11 Å². The van der Waals surface area contributed by atoms with Crippen LogP contribution in [0.15, 0.2) is 0 Å². The lowest BCUT2D eigenvalue weighted by Gasteiger charge is -2.16. The summed E-state index contributed by atoms with van der Waals surface area (Å²) < 4.78 is 0. The predicted molar refractivity (Wildman–Crippen MR) is 161 cm³/mol. The molecule has 37 heavy (non-hydrogen) atoms. The average molecular weight is 493 g/mol. The molecule has 194 valence electrons. The number of rotatable bonds is 0. The summed E-state index contributed by atoms with van der Waals surface area (Å²) >= 11 is 0. The van der Waals surface area contributed by atoms with Crippen LogP contribution in [0.4, 0.5) is 0 Å². The topological polar surface area (TPSA) is 20.2 Å². The van der Waals surface area contributed by atoms with Crippen molar-refractivity contribution in [1.29, 1.82) is 0 Å². The highest BCUT2D eigenvalue weighted by Gasteiger charge is 2.14. The zero-order valence-electron chi connectivity index (χ0n) is 25.5. The molecule has 0 unspecified atom stereocenters. The van der Waals surface area contributed by atoms with E-state index in [1.54, 1.807) is 0 Å². The van der Waals surface area contributed by atoms with Crippen LogP contribution in [0.25, 0.3) is 0 Å². The van der Waals surface area contributed by atoms with Gasteiger partial charge in [0.25, 0.3) is 0 Å². The van der Waals surface area contributed by atoms with E-state index < -0.39 is 0 Å². The van der Waals surface area contributed by atoms with Crippen LogP contribution in [0.1, 0.15) is 94.6 Å². The first-order valence-corrected chi connectivity index (χ1v) is 13.0. The molecule has 0 bridgehead atoms.